The summed E-state index contributed by atoms with van der Waals surface area (Å²) in [6, 6.07) is 39.5. The Morgan fingerprint density at radius 3 is 2.20 bits per heavy atom. The summed E-state index contributed by atoms with van der Waals surface area (Å²) in [5.41, 5.74) is 11.5. The van der Waals surface area contributed by atoms with Gasteiger partial charge < -0.3 is 4.42 Å². The van der Waals surface area contributed by atoms with Gasteiger partial charge in [-0.15, -0.1) is 0 Å². The number of imidazole rings is 2. The Morgan fingerprint density at radius 1 is 0.561 bits per heavy atom. The highest BCUT2D eigenvalue weighted by atomic mass is 16.3. The molecule has 0 amide bonds. The summed E-state index contributed by atoms with van der Waals surface area (Å²) in [6.45, 7) is 0. The molecule has 9 aromatic rings. The SMILES string of the molecule is c1ccc(-c2nccc3c2oc2cccnc23)c(-c2ccccc2-n2c3ccccc3n3c4ccccc4nc23)c1. The first-order chi connectivity index (χ1) is 20.4. The Morgan fingerprint density at radius 2 is 1.29 bits per heavy atom. The molecule has 0 saturated carbocycles. The van der Waals surface area contributed by atoms with Crippen LogP contribution in [-0.2, 0) is 0 Å². The number of nitrogens with zero attached hydrogens (tertiary/aromatic N) is 5. The minimum atomic E-state index is 0.736. The van der Waals surface area contributed by atoms with Gasteiger partial charge in [0.05, 0.1) is 33.1 Å². The average molecular weight is 528 g/mol. The van der Waals surface area contributed by atoms with Gasteiger partial charge in [0.25, 0.3) is 0 Å². The molecular weight excluding hydrogens is 506 g/mol. The fourth-order valence-corrected chi connectivity index (χ4v) is 6.12. The van der Waals surface area contributed by atoms with Gasteiger partial charge in [-0.2, -0.15) is 0 Å². The molecule has 0 aliphatic rings. The predicted molar refractivity (Wildman–Crippen MR) is 163 cm³/mol. The lowest BCUT2D eigenvalue weighted by Crippen LogP contribution is -1.99. The zero-order valence-electron chi connectivity index (χ0n) is 21.8. The van der Waals surface area contributed by atoms with E-state index in [1.807, 2.05) is 36.5 Å². The molecule has 41 heavy (non-hydrogen) atoms. The lowest BCUT2D eigenvalue weighted by atomic mass is 9.95. The van der Waals surface area contributed by atoms with E-state index in [-0.39, 0.29) is 0 Å². The Bertz CT molecular complexity index is 2450. The highest BCUT2D eigenvalue weighted by molar-refractivity contribution is 6.08. The third kappa shape index (κ3) is 3.10. The van der Waals surface area contributed by atoms with E-state index >= 15 is 0 Å². The zero-order valence-corrected chi connectivity index (χ0v) is 21.8. The van der Waals surface area contributed by atoms with Gasteiger partial charge in [-0.1, -0.05) is 66.7 Å². The highest BCUT2D eigenvalue weighted by Crippen LogP contribution is 2.41. The molecule has 0 bridgehead atoms. The maximum Gasteiger partial charge on any atom is 0.220 e. The summed E-state index contributed by atoms with van der Waals surface area (Å²) in [4.78, 5) is 14.5. The summed E-state index contributed by atoms with van der Waals surface area (Å²) in [7, 11) is 0. The van der Waals surface area contributed by atoms with Crippen molar-refractivity contribution in [2.75, 3.05) is 0 Å². The highest BCUT2D eigenvalue weighted by Gasteiger charge is 2.22. The first-order valence-corrected chi connectivity index (χ1v) is 13.5. The standard InChI is InChI=1S/C35H21N5O/c1-2-12-24(33-34-25(19-21-37-33)32-31(41-34)18-9-20-36-32)22(10-1)23-11-3-5-14-27(23)39-29-16-7-8-17-30(29)40-28-15-6-4-13-26(28)38-35(39)40/h1-21H. The maximum absolute atomic E-state index is 6.34. The molecule has 4 aromatic carbocycles. The van der Waals surface area contributed by atoms with Crippen LogP contribution in [0.2, 0.25) is 0 Å². The van der Waals surface area contributed by atoms with Gasteiger partial charge >= 0.3 is 0 Å². The normalized spacial score (nSPS) is 11.9. The van der Waals surface area contributed by atoms with Crippen molar-refractivity contribution in [3.8, 4) is 28.1 Å². The molecule has 192 valence electrons. The molecule has 0 spiro atoms. The lowest BCUT2D eigenvalue weighted by molar-refractivity contribution is 0.667. The number of hydrogen-bond acceptors (Lipinski definition) is 4. The number of furan rings is 1. The van der Waals surface area contributed by atoms with Crippen molar-refractivity contribution in [3.63, 3.8) is 0 Å². The number of aromatic nitrogens is 5. The van der Waals surface area contributed by atoms with Gasteiger partial charge in [-0.05, 0) is 54.1 Å². The van der Waals surface area contributed by atoms with Crippen molar-refractivity contribution < 1.29 is 4.42 Å². The maximum atomic E-state index is 6.34. The van der Waals surface area contributed by atoms with Crippen LogP contribution >= 0.6 is 0 Å². The van der Waals surface area contributed by atoms with Crippen molar-refractivity contribution in [2.45, 2.75) is 0 Å². The summed E-state index contributed by atoms with van der Waals surface area (Å²) in [6.07, 6.45) is 3.63. The Labute approximate surface area is 233 Å². The molecule has 9 rings (SSSR count). The van der Waals surface area contributed by atoms with Gasteiger partial charge in [-0.25, -0.2) is 4.98 Å². The van der Waals surface area contributed by atoms with Crippen LogP contribution in [0.3, 0.4) is 0 Å². The Hall–Kier alpha value is -5.75. The quantitative estimate of drug-likeness (QED) is 0.231. The van der Waals surface area contributed by atoms with Crippen molar-refractivity contribution in [1.82, 2.24) is 23.9 Å². The van der Waals surface area contributed by atoms with Gasteiger partial charge in [0.15, 0.2) is 11.2 Å². The molecule has 0 radical (unpaired) electrons. The number of hydrogen-bond donors (Lipinski definition) is 0. The van der Waals surface area contributed by atoms with E-state index in [1.54, 1.807) is 6.20 Å². The molecule has 5 aromatic heterocycles. The summed E-state index contributed by atoms with van der Waals surface area (Å²) in [5.74, 6) is 0.876. The van der Waals surface area contributed by atoms with Crippen molar-refractivity contribution in [3.05, 3.63) is 128 Å². The van der Waals surface area contributed by atoms with Crippen LogP contribution < -0.4 is 0 Å². The fraction of sp³-hybridized carbons (Fsp3) is 0. The van der Waals surface area contributed by atoms with Crippen LogP contribution in [-0.4, -0.2) is 23.9 Å². The third-order valence-electron chi connectivity index (χ3n) is 7.87. The van der Waals surface area contributed by atoms with Gasteiger partial charge in [0, 0.05) is 23.5 Å². The molecule has 6 heteroatoms. The summed E-state index contributed by atoms with van der Waals surface area (Å²) >= 11 is 0. The monoisotopic (exact) mass is 527 g/mol. The molecule has 0 unspecified atom stereocenters. The minimum Gasteiger partial charge on any atom is -0.452 e. The fourth-order valence-electron chi connectivity index (χ4n) is 6.12. The van der Waals surface area contributed by atoms with E-state index in [0.29, 0.717) is 0 Å². The molecule has 0 aliphatic carbocycles. The predicted octanol–water partition coefficient (Wildman–Crippen LogP) is 8.45. The van der Waals surface area contributed by atoms with Crippen molar-refractivity contribution in [2.24, 2.45) is 0 Å². The van der Waals surface area contributed by atoms with E-state index in [9.17, 15) is 0 Å². The Kier molecular flexibility index (Phi) is 4.51. The molecule has 0 fully saturated rings. The van der Waals surface area contributed by atoms with Gasteiger partial charge in [-0.3, -0.25) is 18.9 Å². The smallest absolute Gasteiger partial charge is 0.220 e. The lowest BCUT2D eigenvalue weighted by Gasteiger charge is -2.15. The Balaban J connectivity index is 1.35. The van der Waals surface area contributed by atoms with Crippen LogP contribution in [0.25, 0.3) is 78.0 Å². The number of rotatable bonds is 3. The molecule has 0 aliphatic heterocycles. The van der Waals surface area contributed by atoms with E-state index < -0.39 is 0 Å². The second-order valence-corrected chi connectivity index (χ2v) is 10.1. The molecule has 6 nitrogen and oxygen atoms in total. The van der Waals surface area contributed by atoms with E-state index in [0.717, 1.165) is 78.0 Å². The van der Waals surface area contributed by atoms with Crippen LogP contribution in [0, 0.1) is 0 Å². The molecule has 0 atom stereocenters. The van der Waals surface area contributed by atoms with E-state index in [1.165, 1.54) is 0 Å². The number of para-hydroxylation sites is 5. The van der Waals surface area contributed by atoms with Crippen molar-refractivity contribution in [1.29, 1.82) is 0 Å². The minimum absolute atomic E-state index is 0.736. The molecule has 5 heterocycles. The first kappa shape index (κ1) is 22.1. The first-order valence-electron chi connectivity index (χ1n) is 13.5. The van der Waals surface area contributed by atoms with E-state index in [2.05, 4.69) is 98.9 Å². The van der Waals surface area contributed by atoms with Crippen LogP contribution in [0.5, 0.6) is 0 Å². The van der Waals surface area contributed by atoms with Gasteiger partial charge in [0.2, 0.25) is 5.78 Å². The molecular formula is C35H21N5O. The van der Waals surface area contributed by atoms with Crippen LogP contribution in [0.1, 0.15) is 0 Å². The number of pyridine rings is 2. The van der Waals surface area contributed by atoms with Gasteiger partial charge in [0.1, 0.15) is 11.2 Å². The largest absolute Gasteiger partial charge is 0.452 e. The van der Waals surface area contributed by atoms with Crippen LogP contribution in [0.15, 0.2) is 132 Å². The second kappa shape index (κ2) is 8.37. The topological polar surface area (TPSA) is 61.2 Å². The molecule has 0 N–H and O–H groups in total. The third-order valence-corrected chi connectivity index (χ3v) is 7.87. The van der Waals surface area contributed by atoms with E-state index in [4.69, 9.17) is 14.4 Å². The number of benzene rings is 4. The average Bonchev–Trinajstić information content (AvgIpc) is 3.70. The zero-order chi connectivity index (χ0) is 26.9. The molecule has 0 saturated heterocycles. The van der Waals surface area contributed by atoms with Crippen molar-refractivity contribution >= 4 is 49.9 Å². The van der Waals surface area contributed by atoms with Crippen LogP contribution in [0.4, 0.5) is 0 Å². The summed E-state index contributed by atoms with van der Waals surface area (Å²) < 4.78 is 10.8. The summed E-state index contributed by atoms with van der Waals surface area (Å²) in [5, 5.41) is 0.955. The number of fused-ring (bicyclic) bond motifs is 8. The second-order valence-electron chi connectivity index (χ2n) is 10.1.